The molecule has 4 aromatic carbocycles. The zero-order valence-electron chi connectivity index (χ0n) is 30.4. The summed E-state index contributed by atoms with van der Waals surface area (Å²) in [4.78, 5) is 25.0. The van der Waals surface area contributed by atoms with Gasteiger partial charge in [0.1, 0.15) is 0 Å². The van der Waals surface area contributed by atoms with Gasteiger partial charge in [-0.3, -0.25) is 9.59 Å². The zero-order chi connectivity index (χ0) is 37.7. The first-order valence-corrected chi connectivity index (χ1v) is 19.3. The minimum Gasteiger partial charge on any atom is -0.397 e. The summed E-state index contributed by atoms with van der Waals surface area (Å²) in [7, 11) is 1.81. The van der Waals surface area contributed by atoms with Gasteiger partial charge in [-0.05, 0) is 63.2 Å². The normalized spacial score (nSPS) is 16.9. The number of nitrogens with two attached hydrogens (primary N) is 1. The minimum atomic E-state index is -0.584. The molecule has 12 nitrogen and oxygen atoms in total. The third-order valence-electron chi connectivity index (χ3n) is 9.37. The molecule has 2 heterocycles. The van der Waals surface area contributed by atoms with Crippen LogP contribution < -0.4 is 16.4 Å². The number of thioether (sulfide) groups is 1. The van der Waals surface area contributed by atoms with E-state index in [9.17, 15) is 14.7 Å². The molecule has 0 spiro atoms. The molecule has 0 aliphatic carbocycles. The number of carbonyl (C=O) groups is 2. The van der Waals surface area contributed by atoms with E-state index in [-0.39, 0.29) is 30.6 Å². The molecule has 6 rings (SSSR count). The molecule has 1 aromatic heterocycles. The van der Waals surface area contributed by atoms with Crippen LogP contribution in [0.1, 0.15) is 79.6 Å². The molecule has 282 valence electrons. The van der Waals surface area contributed by atoms with Crippen LogP contribution in [0.2, 0.25) is 0 Å². The van der Waals surface area contributed by atoms with Crippen molar-refractivity contribution in [2.45, 2.75) is 81.8 Å². The number of hydrogen-bond acceptors (Lipinski definition) is 10. The number of carbonyl (C=O) groups excluding carboxylic acids is 2. The van der Waals surface area contributed by atoms with Crippen molar-refractivity contribution in [1.29, 1.82) is 0 Å². The third-order valence-corrected chi connectivity index (χ3v) is 10.5. The van der Waals surface area contributed by atoms with E-state index in [1.165, 1.54) is 0 Å². The molecule has 1 fully saturated rings. The van der Waals surface area contributed by atoms with E-state index in [4.69, 9.17) is 15.2 Å². The molecule has 0 bridgehead atoms. The van der Waals surface area contributed by atoms with Gasteiger partial charge >= 0.3 is 0 Å². The summed E-state index contributed by atoms with van der Waals surface area (Å²) in [5.41, 5.74) is 13.0. The van der Waals surface area contributed by atoms with Gasteiger partial charge in [0.15, 0.2) is 6.29 Å². The van der Waals surface area contributed by atoms with Gasteiger partial charge < -0.3 is 30.9 Å². The van der Waals surface area contributed by atoms with E-state index in [0.29, 0.717) is 48.1 Å². The van der Waals surface area contributed by atoms with Crippen molar-refractivity contribution in [2.24, 2.45) is 7.05 Å². The number of anilines is 2. The van der Waals surface area contributed by atoms with Crippen molar-refractivity contribution >= 4 is 35.0 Å². The van der Waals surface area contributed by atoms with Crippen molar-refractivity contribution in [2.75, 3.05) is 16.8 Å². The Bertz CT molecular complexity index is 1970. The fraction of sp³-hybridized carbons (Fsp3) is 0.341. The molecule has 2 amide bonds. The number of hydrogen-bond donors (Lipinski definition) is 4. The maximum Gasteiger partial charge on any atom is 0.224 e. The number of unbranched alkanes of at least 4 members (excludes halogenated alkanes) is 3. The smallest absolute Gasteiger partial charge is 0.224 e. The number of ether oxygens (including phenoxy) is 2. The highest BCUT2D eigenvalue weighted by molar-refractivity contribution is 7.99. The highest BCUT2D eigenvalue weighted by Crippen LogP contribution is 2.40. The number of aromatic nitrogens is 4. The van der Waals surface area contributed by atoms with Gasteiger partial charge in [0.25, 0.3) is 0 Å². The van der Waals surface area contributed by atoms with Gasteiger partial charge in [-0.2, -0.15) is 0 Å². The average molecular weight is 750 g/mol. The van der Waals surface area contributed by atoms with Crippen LogP contribution in [0.3, 0.4) is 0 Å². The quantitative estimate of drug-likeness (QED) is 0.0447. The summed E-state index contributed by atoms with van der Waals surface area (Å²) in [5, 5.41) is 28.0. The van der Waals surface area contributed by atoms with Crippen LogP contribution in [0.25, 0.3) is 11.1 Å². The number of nitrogen functional groups attached to an aromatic ring is 1. The fourth-order valence-electron chi connectivity index (χ4n) is 6.34. The number of nitrogens with zero attached hydrogens (tertiary/aromatic N) is 4. The van der Waals surface area contributed by atoms with Crippen LogP contribution in [0, 0.1) is 0 Å². The summed E-state index contributed by atoms with van der Waals surface area (Å²) in [6.45, 7) is 0.410. The average Bonchev–Trinajstić information content (AvgIpc) is 3.62. The molecule has 0 saturated carbocycles. The molecule has 1 aliphatic heterocycles. The maximum atomic E-state index is 12.7. The Hall–Kier alpha value is -5.08. The molecule has 1 aliphatic rings. The van der Waals surface area contributed by atoms with Crippen molar-refractivity contribution in [3.05, 3.63) is 119 Å². The van der Waals surface area contributed by atoms with Crippen LogP contribution in [0.4, 0.5) is 11.4 Å². The molecule has 5 N–H and O–H groups in total. The monoisotopic (exact) mass is 749 g/mol. The summed E-state index contributed by atoms with van der Waals surface area (Å²) in [5.74, 6) is 0.606. The number of aliphatic hydroxyl groups excluding tert-OH is 1. The standard InChI is InChI=1S/C41H47N7O5S/c1-48-41(45-46-47-48)54-27-33-24-37(30-18-16-28(26-49)17-19-30)53-40(52-33)31-22-20-29(21-23-31)34-11-7-6-10-32(34)25-43-38(50)14-4-2-3-5-15-39(51)44-36-13-9-8-12-35(36)42/h6-13,16-23,33,37,40,49H,2-5,14-15,24-27,42H2,1H3,(H,43,50)(H,44,51)/t33-,37+,40+/m1/s1. The number of para-hydroxylation sites is 2. The highest BCUT2D eigenvalue weighted by atomic mass is 32.2. The summed E-state index contributed by atoms with van der Waals surface area (Å²) < 4.78 is 14.7. The molecular formula is C41H47N7O5S. The largest absolute Gasteiger partial charge is 0.397 e. The molecule has 5 aromatic rings. The maximum absolute atomic E-state index is 12.7. The Morgan fingerprint density at radius 1 is 0.870 bits per heavy atom. The van der Waals surface area contributed by atoms with Crippen molar-refractivity contribution in [1.82, 2.24) is 25.5 Å². The van der Waals surface area contributed by atoms with Crippen LogP contribution >= 0.6 is 11.8 Å². The molecule has 1 saturated heterocycles. The van der Waals surface area contributed by atoms with Gasteiger partial charge in [-0.25, -0.2) is 4.68 Å². The molecular weight excluding hydrogens is 703 g/mol. The Labute approximate surface area is 319 Å². The topological polar surface area (TPSA) is 167 Å². The van der Waals surface area contributed by atoms with E-state index < -0.39 is 6.29 Å². The van der Waals surface area contributed by atoms with Crippen LogP contribution in [0.15, 0.2) is 102 Å². The first-order valence-electron chi connectivity index (χ1n) is 18.3. The predicted octanol–water partition coefficient (Wildman–Crippen LogP) is 6.88. The van der Waals surface area contributed by atoms with E-state index in [1.807, 2.05) is 73.8 Å². The summed E-state index contributed by atoms with van der Waals surface area (Å²) in [6.07, 6.45) is 3.88. The van der Waals surface area contributed by atoms with E-state index in [0.717, 1.165) is 59.1 Å². The SMILES string of the molecule is Cn1nnnc1SC[C@H]1C[C@@H](c2ccc(CO)cc2)O[C@@H](c2ccc(-c3ccccc3CNC(=O)CCCCCCC(=O)Nc3ccccc3N)cc2)O1. The number of rotatable bonds is 17. The van der Waals surface area contributed by atoms with Crippen LogP contribution in [-0.4, -0.2) is 49.0 Å². The summed E-state index contributed by atoms with van der Waals surface area (Å²) in [6, 6.07) is 31.3. The lowest BCUT2D eigenvalue weighted by Gasteiger charge is -2.36. The molecule has 13 heteroatoms. The van der Waals surface area contributed by atoms with Gasteiger partial charge in [0.05, 0.1) is 30.2 Å². The van der Waals surface area contributed by atoms with Gasteiger partial charge in [-0.1, -0.05) is 110 Å². The van der Waals surface area contributed by atoms with Gasteiger partial charge in [-0.15, -0.1) is 5.10 Å². The molecule has 0 unspecified atom stereocenters. The fourth-order valence-corrected chi connectivity index (χ4v) is 7.21. The number of aryl methyl sites for hydroxylation is 1. The number of nitrogens with one attached hydrogen (secondary N) is 2. The number of amides is 2. The third kappa shape index (κ3) is 10.8. The molecule has 54 heavy (non-hydrogen) atoms. The molecule has 3 atom stereocenters. The van der Waals surface area contributed by atoms with Crippen molar-refractivity contribution in [3.8, 4) is 11.1 Å². The second-order valence-corrected chi connectivity index (χ2v) is 14.3. The lowest BCUT2D eigenvalue weighted by molar-refractivity contribution is -0.245. The highest BCUT2D eigenvalue weighted by Gasteiger charge is 2.32. The predicted molar refractivity (Wildman–Crippen MR) is 209 cm³/mol. The Balaban J connectivity index is 1.00. The van der Waals surface area contributed by atoms with E-state index in [1.54, 1.807) is 28.6 Å². The minimum absolute atomic E-state index is 0.00718. The summed E-state index contributed by atoms with van der Waals surface area (Å²) >= 11 is 1.54. The lowest BCUT2D eigenvalue weighted by Crippen LogP contribution is -2.31. The zero-order valence-corrected chi connectivity index (χ0v) is 31.2. The first-order chi connectivity index (χ1) is 26.4. The van der Waals surface area contributed by atoms with Gasteiger partial charge in [0.2, 0.25) is 17.0 Å². The Kier molecular flexibility index (Phi) is 13.8. The number of benzene rings is 4. The second-order valence-electron chi connectivity index (χ2n) is 13.4. The number of tetrazole rings is 1. The number of aliphatic hydroxyl groups is 1. The molecule has 0 radical (unpaired) electrons. The van der Waals surface area contributed by atoms with Gasteiger partial charge in [0, 0.05) is 44.2 Å². The Morgan fingerprint density at radius 3 is 2.30 bits per heavy atom. The second kappa shape index (κ2) is 19.3. The van der Waals surface area contributed by atoms with E-state index >= 15 is 0 Å². The first kappa shape index (κ1) is 38.6. The lowest BCUT2D eigenvalue weighted by atomic mass is 9.97. The van der Waals surface area contributed by atoms with Crippen molar-refractivity contribution in [3.63, 3.8) is 0 Å². The van der Waals surface area contributed by atoms with Crippen LogP contribution in [-0.2, 0) is 39.3 Å². The van der Waals surface area contributed by atoms with Crippen LogP contribution in [0.5, 0.6) is 0 Å². The van der Waals surface area contributed by atoms with E-state index in [2.05, 4.69) is 44.4 Å². The van der Waals surface area contributed by atoms with Crippen molar-refractivity contribution < 1.29 is 24.2 Å². The Morgan fingerprint density at radius 2 is 1.57 bits per heavy atom.